The minimum Gasteiger partial charge on any atom is -0.490 e. The van der Waals surface area contributed by atoms with Gasteiger partial charge in [0.25, 0.3) is 10.6 Å². The fourth-order valence-electron chi connectivity index (χ4n) is 2.89. The third-order valence-corrected chi connectivity index (χ3v) is 4.69. The van der Waals surface area contributed by atoms with Crippen molar-refractivity contribution < 1.29 is 24.6 Å². The number of carbonyl (C=O) groups excluding carboxylic acids is 1. The molecule has 0 saturated carbocycles. The number of aliphatic hydroxyl groups is 1. The molecule has 1 unspecified atom stereocenters. The summed E-state index contributed by atoms with van der Waals surface area (Å²) >= 11 is 0. The molecule has 0 radical (unpaired) electrons. The van der Waals surface area contributed by atoms with Crippen LogP contribution in [0, 0.1) is 21.4 Å². The van der Waals surface area contributed by atoms with Gasteiger partial charge in [0.15, 0.2) is 0 Å². The molecular formula is C21H27N5O7. The number of aliphatic hydroxyl groups excluding tert-OH is 1. The molecule has 178 valence electrons. The van der Waals surface area contributed by atoms with Gasteiger partial charge in [0, 0.05) is 30.4 Å². The average Bonchev–Trinajstić information content (AvgIpc) is 2.77. The molecule has 0 fully saturated rings. The number of H-pyrrole nitrogens is 1. The second kappa shape index (κ2) is 11.8. The topological polar surface area (TPSA) is 180 Å². The molecule has 0 bridgehead atoms. The SMILES string of the molecule is CC(C)(CNC(=O)CCCO[N+](=O)[O-])NCC(O)COc1cccc2[nH]c(=O)c(C#N)cc12. The molecule has 33 heavy (non-hydrogen) atoms. The summed E-state index contributed by atoms with van der Waals surface area (Å²) in [6, 6.07) is 8.34. The van der Waals surface area contributed by atoms with Crippen LogP contribution >= 0.6 is 0 Å². The molecule has 1 aromatic heterocycles. The minimum absolute atomic E-state index is 0.0325. The van der Waals surface area contributed by atoms with Gasteiger partial charge in [0.2, 0.25) is 5.91 Å². The van der Waals surface area contributed by atoms with Crippen LogP contribution in [0.1, 0.15) is 32.3 Å². The normalized spacial score (nSPS) is 12.1. The molecule has 4 N–H and O–H groups in total. The van der Waals surface area contributed by atoms with Crippen LogP contribution < -0.4 is 20.9 Å². The number of nitriles is 1. The predicted octanol–water partition coefficient (Wildman–Crippen LogP) is 0.612. The number of ether oxygens (including phenoxy) is 1. The van der Waals surface area contributed by atoms with Gasteiger partial charge in [-0.15, -0.1) is 10.1 Å². The lowest BCUT2D eigenvalue weighted by Crippen LogP contribution is -2.51. The van der Waals surface area contributed by atoms with Crippen molar-refractivity contribution in [3.63, 3.8) is 0 Å². The molecule has 1 heterocycles. The zero-order valence-corrected chi connectivity index (χ0v) is 18.4. The van der Waals surface area contributed by atoms with Crippen LogP contribution in [0.4, 0.5) is 0 Å². The highest BCUT2D eigenvalue weighted by molar-refractivity contribution is 5.85. The van der Waals surface area contributed by atoms with E-state index in [0.717, 1.165) is 0 Å². The average molecular weight is 461 g/mol. The van der Waals surface area contributed by atoms with Gasteiger partial charge >= 0.3 is 0 Å². The number of amides is 1. The van der Waals surface area contributed by atoms with E-state index >= 15 is 0 Å². The number of pyridine rings is 1. The molecule has 0 aliphatic heterocycles. The Kier molecular flexibility index (Phi) is 9.14. The van der Waals surface area contributed by atoms with E-state index in [9.17, 15) is 24.8 Å². The van der Waals surface area contributed by atoms with E-state index in [-0.39, 0.29) is 50.6 Å². The van der Waals surface area contributed by atoms with E-state index in [1.165, 1.54) is 6.07 Å². The summed E-state index contributed by atoms with van der Waals surface area (Å²) in [4.78, 5) is 40.5. The number of benzene rings is 1. The first-order valence-electron chi connectivity index (χ1n) is 10.3. The summed E-state index contributed by atoms with van der Waals surface area (Å²) in [5, 5.41) is 35.0. The fraction of sp³-hybridized carbons (Fsp3) is 0.476. The maximum atomic E-state index is 11.8. The summed E-state index contributed by atoms with van der Waals surface area (Å²) < 4.78 is 5.70. The molecule has 1 aromatic carbocycles. The molecule has 2 aromatic rings. The third kappa shape index (κ3) is 8.40. The number of nitrogens with zero attached hydrogens (tertiary/aromatic N) is 2. The van der Waals surface area contributed by atoms with Gasteiger partial charge in [-0.3, -0.25) is 9.59 Å². The van der Waals surface area contributed by atoms with E-state index < -0.39 is 22.3 Å². The number of hydrogen-bond donors (Lipinski definition) is 4. The van der Waals surface area contributed by atoms with Crippen LogP contribution in [-0.2, 0) is 9.63 Å². The summed E-state index contributed by atoms with van der Waals surface area (Å²) in [7, 11) is 0. The zero-order chi connectivity index (χ0) is 24.4. The van der Waals surface area contributed by atoms with Crippen molar-refractivity contribution in [2.24, 2.45) is 0 Å². The Labute approximate surface area is 189 Å². The van der Waals surface area contributed by atoms with Gasteiger partial charge < -0.3 is 30.3 Å². The first-order chi connectivity index (χ1) is 15.6. The smallest absolute Gasteiger partial charge is 0.294 e. The maximum absolute atomic E-state index is 11.8. The lowest BCUT2D eigenvalue weighted by molar-refractivity contribution is -0.757. The Morgan fingerprint density at radius 2 is 2.18 bits per heavy atom. The summed E-state index contributed by atoms with van der Waals surface area (Å²) in [6.07, 6.45) is -0.536. The highest BCUT2D eigenvalue weighted by Gasteiger charge is 2.20. The Morgan fingerprint density at radius 1 is 1.42 bits per heavy atom. The largest absolute Gasteiger partial charge is 0.490 e. The van der Waals surface area contributed by atoms with Gasteiger partial charge in [-0.1, -0.05) is 6.07 Å². The van der Waals surface area contributed by atoms with Crippen molar-refractivity contribution in [2.75, 3.05) is 26.3 Å². The second-order valence-electron chi connectivity index (χ2n) is 8.01. The van der Waals surface area contributed by atoms with Crippen LogP contribution in [0.5, 0.6) is 5.75 Å². The molecule has 0 spiro atoms. The monoisotopic (exact) mass is 461 g/mol. The summed E-state index contributed by atoms with van der Waals surface area (Å²) in [5.41, 5.74) is -0.527. The van der Waals surface area contributed by atoms with Crippen LogP contribution in [0.25, 0.3) is 10.9 Å². The van der Waals surface area contributed by atoms with Gasteiger partial charge in [0.1, 0.15) is 30.1 Å². The zero-order valence-electron chi connectivity index (χ0n) is 18.4. The lowest BCUT2D eigenvalue weighted by Gasteiger charge is -2.28. The van der Waals surface area contributed by atoms with Crippen LogP contribution in [0.15, 0.2) is 29.1 Å². The highest BCUT2D eigenvalue weighted by atomic mass is 16.9. The highest BCUT2D eigenvalue weighted by Crippen LogP contribution is 2.24. The quantitative estimate of drug-likeness (QED) is 0.189. The van der Waals surface area contributed by atoms with E-state index in [1.54, 1.807) is 18.2 Å². The first kappa shape index (κ1) is 25.6. The Morgan fingerprint density at radius 3 is 2.88 bits per heavy atom. The summed E-state index contributed by atoms with van der Waals surface area (Å²) in [5.74, 6) is 0.165. The standard InChI is InChI=1S/C21H27N5O7/c1-21(2,13-23-19(28)7-4-8-33-26(30)31)24-11-15(27)12-32-18-6-3-5-17-16(18)9-14(10-22)20(29)25-17/h3,5-6,9,15,24,27H,4,7-8,11-13H2,1-2H3,(H,23,28)(H,25,29). The van der Waals surface area contributed by atoms with Gasteiger partial charge in [0.05, 0.1) is 12.1 Å². The van der Waals surface area contributed by atoms with Gasteiger partial charge in [-0.2, -0.15) is 5.26 Å². The van der Waals surface area contributed by atoms with E-state index in [0.29, 0.717) is 16.7 Å². The molecule has 12 heteroatoms. The molecule has 1 amide bonds. The van der Waals surface area contributed by atoms with Crippen LogP contribution in [0.2, 0.25) is 0 Å². The minimum atomic E-state index is -0.898. The summed E-state index contributed by atoms with van der Waals surface area (Å²) in [6.45, 7) is 3.99. The van der Waals surface area contributed by atoms with Crippen molar-refractivity contribution in [2.45, 2.75) is 38.3 Å². The number of hydrogen-bond acceptors (Lipinski definition) is 9. The van der Waals surface area contributed by atoms with Crippen molar-refractivity contribution >= 4 is 16.8 Å². The van der Waals surface area contributed by atoms with Crippen molar-refractivity contribution in [3.8, 4) is 11.8 Å². The number of aromatic nitrogens is 1. The molecule has 0 saturated heterocycles. The van der Waals surface area contributed by atoms with Crippen molar-refractivity contribution in [1.82, 2.24) is 15.6 Å². The molecule has 2 rings (SSSR count). The lowest BCUT2D eigenvalue weighted by atomic mass is 10.1. The molecule has 0 aliphatic rings. The number of carbonyl (C=O) groups is 1. The van der Waals surface area contributed by atoms with Gasteiger partial charge in [-0.25, -0.2) is 0 Å². The molecular weight excluding hydrogens is 434 g/mol. The number of rotatable bonds is 13. The first-order valence-corrected chi connectivity index (χ1v) is 10.3. The van der Waals surface area contributed by atoms with Crippen LogP contribution in [0.3, 0.4) is 0 Å². The Hall–Kier alpha value is -3.69. The predicted molar refractivity (Wildman–Crippen MR) is 118 cm³/mol. The van der Waals surface area contributed by atoms with Crippen molar-refractivity contribution in [1.29, 1.82) is 5.26 Å². The van der Waals surface area contributed by atoms with Crippen LogP contribution in [-0.4, -0.2) is 59.0 Å². The van der Waals surface area contributed by atoms with E-state index in [2.05, 4.69) is 20.5 Å². The number of aromatic amines is 1. The maximum Gasteiger partial charge on any atom is 0.294 e. The number of β-amino-alcohol motifs (C(OH)–C–C–N with tert-alkyl or cyclic N) is 1. The van der Waals surface area contributed by atoms with Gasteiger partial charge in [-0.05, 0) is 38.5 Å². The molecule has 1 atom stereocenters. The molecule has 0 aliphatic carbocycles. The molecule has 12 nitrogen and oxygen atoms in total. The fourth-order valence-corrected chi connectivity index (χ4v) is 2.89. The number of fused-ring (bicyclic) bond motifs is 1. The second-order valence-corrected chi connectivity index (χ2v) is 8.01. The van der Waals surface area contributed by atoms with E-state index in [4.69, 9.17) is 10.00 Å². The van der Waals surface area contributed by atoms with Crippen molar-refractivity contribution in [3.05, 3.63) is 50.3 Å². The third-order valence-electron chi connectivity index (χ3n) is 4.69. The Balaban J connectivity index is 1.80. The Bertz CT molecular complexity index is 1080. The number of nitrogens with one attached hydrogen (secondary N) is 3. The van der Waals surface area contributed by atoms with E-state index in [1.807, 2.05) is 19.9 Å².